The summed E-state index contributed by atoms with van der Waals surface area (Å²) in [4.78, 5) is 31.0. The standard InChI is InChI=1S/C15H18N6O/c1-11-6-18-12(7-17-11)8-19-14-10-16-9-13(20-14)15(22)21-4-2-3-5-21/h6-7,9-10H,2-5,8H2,1H3,(H,19,20). The first-order chi connectivity index (χ1) is 10.7. The van der Waals surface area contributed by atoms with E-state index in [0.717, 1.165) is 37.3 Å². The van der Waals surface area contributed by atoms with Gasteiger partial charge in [-0.15, -0.1) is 0 Å². The van der Waals surface area contributed by atoms with Gasteiger partial charge in [-0.25, -0.2) is 4.98 Å². The molecule has 1 N–H and O–H groups in total. The first-order valence-electron chi connectivity index (χ1n) is 7.35. The highest BCUT2D eigenvalue weighted by atomic mass is 16.2. The summed E-state index contributed by atoms with van der Waals surface area (Å²) in [5.74, 6) is 0.510. The minimum absolute atomic E-state index is 0.0521. The van der Waals surface area contributed by atoms with E-state index in [1.807, 2.05) is 11.8 Å². The van der Waals surface area contributed by atoms with E-state index in [9.17, 15) is 4.79 Å². The number of aromatic nitrogens is 4. The van der Waals surface area contributed by atoms with Gasteiger partial charge in [0, 0.05) is 19.3 Å². The molecule has 0 bridgehead atoms. The van der Waals surface area contributed by atoms with Gasteiger partial charge >= 0.3 is 0 Å². The number of rotatable bonds is 4. The SMILES string of the molecule is Cc1cnc(CNc2cncc(C(=O)N3CCCC3)n2)cn1. The van der Waals surface area contributed by atoms with E-state index in [4.69, 9.17) is 0 Å². The van der Waals surface area contributed by atoms with E-state index in [1.165, 1.54) is 6.20 Å². The highest BCUT2D eigenvalue weighted by molar-refractivity contribution is 5.92. The van der Waals surface area contributed by atoms with Crippen LogP contribution in [0.1, 0.15) is 34.7 Å². The molecule has 0 unspecified atom stereocenters. The van der Waals surface area contributed by atoms with Gasteiger partial charge in [0.15, 0.2) is 0 Å². The molecule has 2 aromatic rings. The summed E-state index contributed by atoms with van der Waals surface area (Å²) in [5, 5.41) is 3.12. The van der Waals surface area contributed by atoms with E-state index in [2.05, 4.69) is 25.3 Å². The van der Waals surface area contributed by atoms with Gasteiger partial charge in [-0.3, -0.25) is 19.7 Å². The van der Waals surface area contributed by atoms with Crippen LogP contribution in [0.2, 0.25) is 0 Å². The number of nitrogens with one attached hydrogen (secondary N) is 1. The molecule has 1 saturated heterocycles. The number of hydrogen-bond acceptors (Lipinski definition) is 6. The molecule has 0 atom stereocenters. The highest BCUT2D eigenvalue weighted by Gasteiger charge is 2.20. The molecule has 2 aromatic heterocycles. The molecule has 22 heavy (non-hydrogen) atoms. The van der Waals surface area contributed by atoms with Crippen LogP contribution in [0.4, 0.5) is 5.82 Å². The Labute approximate surface area is 128 Å². The van der Waals surface area contributed by atoms with Gasteiger partial charge in [-0.05, 0) is 19.8 Å². The van der Waals surface area contributed by atoms with Crippen molar-refractivity contribution in [2.24, 2.45) is 0 Å². The fraction of sp³-hybridized carbons (Fsp3) is 0.400. The van der Waals surface area contributed by atoms with E-state index in [0.29, 0.717) is 18.1 Å². The van der Waals surface area contributed by atoms with E-state index >= 15 is 0 Å². The number of amides is 1. The summed E-state index contributed by atoms with van der Waals surface area (Å²) in [5.41, 5.74) is 2.06. The molecule has 0 aliphatic carbocycles. The van der Waals surface area contributed by atoms with Gasteiger partial charge < -0.3 is 10.2 Å². The number of anilines is 1. The van der Waals surface area contributed by atoms with Crippen molar-refractivity contribution in [1.82, 2.24) is 24.8 Å². The second-order valence-corrected chi connectivity index (χ2v) is 5.29. The predicted molar refractivity (Wildman–Crippen MR) is 81.3 cm³/mol. The van der Waals surface area contributed by atoms with Gasteiger partial charge in [-0.1, -0.05) is 0 Å². The molecular formula is C15H18N6O. The van der Waals surface area contributed by atoms with Crippen LogP contribution in [0.25, 0.3) is 0 Å². The lowest BCUT2D eigenvalue weighted by molar-refractivity contribution is 0.0786. The molecule has 0 aromatic carbocycles. The molecule has 0 saturated carbocycles. The maximum Gasteiger partial charge on any atom is 0.274 e. The first-order valence-corrected chi connectivity index (χ1v) is 7.35. The fourth-order valence-corrected chi connectivity index (χ4v) is 2.33. The summed E-state index contributed by atoms with van der Waals surface area (Å²) in [6, 6.07) is 0. The summed E-state index contributed by atoms with van der Waals surface area (Å²) >= 11 is 0. The molecular weight excluding hydrogens is 280 g/mol. The average Bonchev–Trinajstić information content (AvgIpc) is 3.08. The topological polar surface area (TPSA) is 83.9 Å². The maximum absolute atomic E-state index is 12.3. The Morgan fingerprint density at radius 3 is 2.73 bits per heavy atom. The van der Waals surface area contributed by atoms with Crippen molar-refractivity contribution in [2.45, 2.75) is 26.3 Å². The molecule has 114 valence electrons. The Morgan fingerprint density at radius 2 is 2.00 bits per heavy atom. The van der Waals surface area contributed by atoms with Crippen molar-refractivity contribution in [1.29, 1.82) is 0 Å². The second-order valence-electron chi connectivity index (χ2n) is 5.29. The van der Waals surface area contributed by atoms with Crippen molar-refractivity contribution < 1.29 is 4.79 Å². The second kappa shape index (κ2) is 6.46. The number of carbonyl (C=O) groups excluding carboxylic acids is 1. The van der Waals surface area contributed by atoms with Crippen LogP contribution in [0, 0.1) is 6.92 Å². The number of likely N-dealkylation sites (tertiary alicyclic amines) is 1. The van der Waals surface area contributed by atoms with Crippen LogP contribution in [-0.2, 0) is 6.54 Å². The number of nitrogens with zero attached hydrogens (tertiary/aromatic N) is 5. The number of aryl methyl sites for hydroxylation is 1. The Balaban J connectivity index is 1.65. The molecule has 1 aliphatic rings. The zero-order chi connectivity index (χ0) is 15.4. The highest BCUT2D eigenvalue weighted by Crippen LogP contribution is 2.12. The van der Waals surface area contributed by atoms with E-state index < -0.39 is 0 Å². The lowest BCUT2D eigenvalue weighted by Gasteiger charge is -2.14. The average molecular weight is 298 g/mol. The van der Waals surface area contributed by atoms with Gasteiger partial charge in [0.25, 0.3) is 5.91 Å². The molecule has 1 aliphatic heterocycles. The normalized spacial score (nSPS) is 14.1. The number of carbonyl (C=O) groups is 1. The number of hydrogen-bond donors (Lipinski definition) is 1. The Bertz CT molecular complexity index is 651. The molecule has 0 radical (unpaired) electrons. The van der Waals surface area contributed by atoms with Crippen molar-refractivity contribution >= 4 is 11.7 Å². The Morgan fingerprint density at radius 1 is 1.18 bits per heavy atom. The van der Waals surface area contributed by atoms with Gasteiger partial charge in [-0.2, -0.15) is 0 Å². The van der Waals surface area contributed by atoms with Crippen molar-refractivity contribution in [2.75, 3.05) is 18.4 Å². The molecule has 7 heteroatoms. The maximum atomic E-state index is 12.3. The fourth-order valence-electron chi connectivity index (χ4n) is 2.33. The summed E-state index contributed by atoms with van der Waals surface area (Å²) in [6.07, 6.45) is 8.66. The molecule has 0 spiro atoms. The third-order valence-electron chi connectivity index (χ3n) is 3.53. The molecule has 7 nitrogen and oxygen atoms in total. The zero-order valence-electron chi connectivity index (χ0n) is 12.5. The summed E-state index contributed by atoms with van der Waals surface area (Å²) < 4.78 is 0. The molecule has 3 rings (SSSR count). The third-order valence-corrected chi connectivity index (χ3v) is 3.53. The van der Waals surface area contributed by atoms with E-state index in [-0.39, 0.29) is 5.91 Å². The summed E-state index contributed by atoms with van der Waals surface area (Å²) in [7, 11) is 0. The first kappa shape index (κ1) is 14.4. The minimum Gasteiger partial charge on any atom is -0.363 e. The van der Waals surface area contributed by atoms with Crippen LogP contribution in [-0.4, -0.2) is 43.8 Å². The summed E-state index contributed by atoms with van der Waals surface area (Å²) in [6.45, 7) is 3.99. The van der Waals surface area contributed by atoms with Crippen LogP contribution < -0.4 is 5.32 Å². The van der Waals surface area contributed by atoms with Crippen LogP contribution in [0.15, 0.2) is 24.8 Å². The van der Waals surface area contributed by atoms with Crippen molar-refractivity contribution in [3.63, 3.8) is 0 Å². The zero-order valence-corrected chi connectivity index (χ0v) is 12.5. The molecule has 3 heterocycles. The van der Waals surface area contributed by atoms with Gasteiger partial charge in [0.1, 0.15) is 11.5 Å². The lowest BCUT2D eigenvalue weighted by atomic mass is 10.3. The van der Waals surface area contributed by atoms with Crippen LogP contribution in [0.5, 0.6) is 0 Å². The van der Waals surface area contributed by atoms with Gasteiger partial charge in [0.2, 0.25) is 0 Å². The lowest BCUT2D eigenvalue weighted by Crippen LogP contribution is -2.28. The van der Waals surface area contributed by atoms with Gasteiger partial charge in [0.05, 0.1) is 36.5 Å². The molecule has 1 fully saturated rings. The monoisotopic (exact) mass is 298 g/mol. The smallest absolute Gasteiger partial charge is 0.274 e. The van der Waals surface area contributed by atoms with Crippen LogP contribution >= 0.6 is 0 Å². The Kier molecular flexibility index (Phi) is 4.22. The predicted octanol–water partition coefficient (Wildman–Crippen LogP) is 1.42. The third kappa shape index (κ3) is 3.36. The van der Waals surface area contributed by atoms with E-state index in [1.54, 1.807) is 18.6 Å². The Hall–Kier alpha value is -2.57. The molecule has 1 amide bonds. The van der Waals surface area contributed by atoms with Crippen molar-refractivity contribution in [3.8, 4) is 0 Å². The van der Waals surface area contributed by atoms with Crippen molar-refractivity contribution in [3.05, 3.63) is 41.9 Å². The van der Waals surface area contributed by atoms with Crippen LogP contribution in [0.3, 0.4) is 0 Å². The minimum atomic E-state index is -0.0521. The largest absolute Gasteiger partial charge is 0.363 e. The quantitative estimate of drug-likeness (QED) is 0.919.